The second-order valence-corrected chi connectivity index (χ2v) is 16.0. The molecule has 0 unspecified atom stereocenters. The maximum absolute atomic E-state index is 6.26. The minimum Gasteiger partial charge on any atom is -0.456 e. The Morgan fingerprint density at radius 2 is 0.758 bits per heavy atom. The van der Waals surface area contributed by atoms with Gasteiger partial charge in [-0.3, -0.25) is 0 Å². The maximum atomic E-state index is 6.26. The Morgan fingerprint density at radius 1 is 0.274 bits per heavy atom. The Balaban J connectivity index is 0.926. The molecule has 12 aromatic rings. The number of fused-ring (bicyclic) bond motifs is 7. The van der Waals surface area contributed by atoms with E-state index in [-0.39, 0.29) is 0 Å². The first kappa shape index (κ1) is 35.7. The van der Waals surface area contributed by atoms with Gasteiger partial charge in [-0.15, -0.1) is 0 Å². The van der Waals surface area contributed by atoms with E-state index < -0.39 is 0 Å². The van der Waals surface area contributed by atoms with Crippen molar-refractivity contribution in [1.29, 1.82) is 0 Å². The molecule has 0 fully saturated rings. The molecule has 0 aliphatic heterocycles. The molecule has 0 spiro atoms. The zero-order valence-corrected chi connectivity index (χ0v) is 33.9. The molecule has 62 heavy (non-hydrogen) atoms. The molecule has 0 N–H and O–H groups in total. The lowest BCUT2D eigenvalue weighted by Crippen LogP contribution is -2.11. The van der Waals surface area contributed by atoms with Gasteiger partial charge in [0.1, 0.15) is 11.2 Å². The van der Waals surface area contributed by atoms with E-state index in [2.05, 4.69) is 229 Å². The van der Waals surface area contributed by atoms with Crippen molar-refractivity contribution in [3.05, 3.63) is 237 Å². The van der Waals surface area contributed by atoms with Gasteiger partial charge in [-0.2, -0.15) is 0 Å². The third kappa shape index (κ3) is 6.12. The van der Waals surface area contributed by atoms with E-state index >= 15 is 0 Å². The number of anilines is 3. The van der Waals surface area contributed by atoms with E-state index in [9.17, 15) is 0 Å². The second kappa shape index (κ2) is 14.8. The Hall–Kier alpha value is -8.20. The van der Waals surface area contributed by atoms with Gasteiger partial charge >= 0.3 is 0 Å². The number of benzene rings is 11. The molecule has 0 saturated carbocycles. The predicted molar refractivity (Wildman–Crippen MR) is 263 cm³/mol. The van der Waals surface area contributed by atoms with Crippen LogP contribution in [0.4, 0.5) is 17.1 Å². The summed E-state index contributed by atoms with van der Waals surface area (Å²) in [6, 6.07) is 85.5. The van der Waals surface area contributed by atoms with E-state index in [1.165, 1.54) is 65.7 Å². The summed E-state index contributed by atoms with van der Waals surface area (Å²) in [6.07, 6.45) is 0. The summed E-state index contributed by atoms with van der Waals surface area (Å²) in [6.45, 7) is 0. The third-order valence-corrected chi connectivity index (χ3v) is 12.5. The molecule has 11 aromatic carbocycles. The molecule has 0 aliphatic carbocycles. The Labute approximate surface area is 360 Å². The quantitative estimate of drug-likeness (QED) is 0.150. The molecule has 1 aromatic heterocycles. The highest BCUT2D eigenvalue weighted by Gasteiger charge is 2.19. The van der Waals surface area contributed by atoms with Crippen LogP contribution in [0.1, 0.15) is 0 Å². The molecule has 1 heterocycles. The standard InChI is InChI=1S/C60H39NO/c1-4-15-51-43(11-1)13-9-19-54(51)55-16-5-7-20-57(55)61(49-36-31-45(32-37-49)53-18-10-22-59-60(53)56-17-6-8-21-58(56)62-59)48-34-29-41(30-35-48)40-23-25-42(26-24-40)46-33-38-52-47(39-46)28-27-44-12-2-3-14-50(44)52/h1-39H. The monoisotopic (exact) mass is 789 g/mol. The average molecular weight is 790 g/mol. The zero-order valence-electron chi connectivity index (χ0n) is 33.9. The highest BCUT2D eigenvalue weighted by atomic mass is 16.3. The van der Waals surface area contributed by atoms with E-state index in [1.807, 2.05) is 12.1 Å². The maximum Gasteiger partial charge on any atom is 0.136 e. The van der Waals surface area contributed by atoms with E-state index in [0.717, 1.165) is 50.1 Å². The van der Waals surface area contributed by atoms with Crippen molar-refractivity contribution in [3.8, 4) is 44.5 Å². The van der Waals surface area contributed by atoms with E-state index in [1.54, 1.807) is 0 Å². The van der Waals surface area contributed by atoms with E-state index in [0.29, 0.717) is 0 Å². The molecule has 0 atom stereocenters. The molecule has 0 bridgehead atoms. The summed E-state index contributed by atoms with van der Waals surface area (Å²) >= 11 is 0. The van der Waals surface area contributed by atoms with Gasteiger partial charge in [0.05, 0.1) is 5.69 Å². The van der Waals surface area contributed by atoms with Crippen LogP contribution in [-0.4, -0.2) is 0 Å². The molecule has 2 heteroatoms. The number of nitrogens with zero attached hydrogens (tertiary/aromatic N) is 1. The Morgan fingerprint density at radius 3 is 1.53 bits per heavy atom. The van der Waals surface area contributed by atoms with Gasteiger partial charge in [-0.25, -0.2) is 0 Å². The van der Waals surface area contributed by atoms with Crippen molar-refractivity contribution >= 4 is 71.3 Å². The first-order chi connectivity index (χ1) is 30.7. The van der Waals surface area contributed by atoms with Gasteiger partial charge in [-0.1, -0.05) is 188 Å². The van der Waals surface area contributed by atoms with Gasteiger partial charge in [0.15, 0.2) is 0 Å². The number of para-hydroxylation sites is 2. The minimum absolute atomic E-state index is 0.899. The van der Waals surface area contributed by atoms with Crippen molar-refractivity contribution in [2.45, 2.75) is 0 Å². The topological polar surface area (TPSA) is 16.4 Å². The fourth-order valence-electron chi connectivity index (χ4n) is 9.44. The molecule has 0 aliphatic rings. The zero-order chi connectivity index (χ0) is 41.0. The first-order valence-electron chi connectivity index (χ1n) is 21.2. The highest BCUT2D eigenvalue weighted by molar-refractivity contribution is 6.12. The summed E-state index contributed by atoms with van der Waals surface area (Å²) in [4.78, 5) is 2.39. The van der Waals surface area contributed by atoms with Crippen molar-refractivity contribution in [3.63, 3.8) is 0 Å². The molecule has 2 nitrogen and oxygen atoms in total. The normalized spacial score (nSPS) is 11.5. The second-order valence-electron chi connectivity index (χ2n) is 16.0. The largest absolute Gasteiger partial charge is 0.456 e. The van der Waals surface area contributed by atoms with Crippen LogP contribution in [-0.2, 0) is 0 Å². The fraction of sp³-hybridized carbons (Fsp3) is 0. The Bertz CT molecular complexity index is 3610. The SMILES string of the molecule is c1ccc(N(c2ccc(-c3ccc(-c4ccc5c(ccc6ccccc65)c4)cc3)cc2)c2ccc(-c3cccc4oc5ccccc5c34)cc2)c(-c2cccc3ccccc23)c1. The molecule has 0 saturated heterocycles. The number of hydrogen-bond acceptors (Lipinski definition) is 2. The third-order valence-electron chi connectivity index (χ3n) is 12.5. The summed E-state index contributed by atoms with van der Waals surface area (Å²) in [5.74, 6) is 0. The summed E-state index contributed by atoms with van der Waals surface area (Å²) in [7, 11) is 0. The smallest absolute Gasteiger partial charge is 0.136 e. The van der Waals surface area contributed by atoms with Crippen LogP contribution in [0.3, 0.4) is 0 Å². The van der Waals surface area contributed by atoms with Crippen LogP contribution in [0.5, 0.6) is 0 Å². The Kier molecular flexibility index (Phi) is 8.53. The number of rotatable bonds is 7. The van der Waals surface area contributed by atoms with Crippen LogP contribution < -0.4 is 4.90 Å². The summed E-state index contributed by atoms with van der Waals surface area (Å²) < 4.78 is 6.26. The summed E-state index contributed by atoms with van der Waals surface area (Å²) in [5, 5.41) is 9.83. The van der Waals surface area contributed by atoms with Crippen molar-refractivity contribution in [1.82, 2.24) is 0 Å². The van der Waals surface area contributed by atoms with Crippen LogP contribution in [0.25, 0.3) is 98.8 Å². The lowest BCUT2D eigenvalue weighted by Gasteiger charge is -2.28. The lowest BCUT2D eigenvalue weighted by atomic mass is 9.95. The molecule has 290 valence electrons. The van der Waals surface area contributed by atoms with Gasteiger partial charge < -0.3 is 9.32 Å². The number of hydrogen-bond donors (Lipinski definition) is 0. The molecular formula is C60H39NO. The molecule has 0 radical (unpaired) electrons. The fourth-order valence-corrected chi connectivity index (χ4v) is 9.44. The van der Waals surface area contributed by atoms with E-state index in [4.69, 9.17) is 4.42 Å². The lowest BCUT2D eigenvalue weighted by molar-refractivity contribution is 0.669. The van der Waals surface area contributed by atoms with Gasteiger partial charge in [0.25, 0.3) is 0 Å². The van der Waals surface area contributed by atoms with Crippen molar-refractivity contribution < 1.29 is 4.42 Å². The first-order valence-corrected chi connectivity index (χ1v) is 21.2. The van der Waals surface area contributed by atoms with Crippen molar-refractivity contribution in [2.24, 2.45) is 0 Å². The molecule has 0 amide bonds. The van der Waals surface area contributed by atoms with Crippen molar-refractivity contribution in [2.75, 3.05) is 4.90 Å². The van der Waals surface area contributed by atoms with Crippen LogP contribution in [0, 0.1) is 0 Å². The van der Waals surface area contributed by atoms with Gasteiger partial charge in [-0.05, 0) is 120 Å². The number of furan rings is 1. The average Bonchev–Trinajstić information content (AvgIpc) is 3.74. The summed E-state index contributed by atoms with van der Waals surface area (Å²) in [5.41, 5.74) is 14.5. The predicted octanol–water partition coefficient (Wildman–Crippen LogP) is 17.2. The van der Waals surface area contributed by atoms with Crippen LogP contribution in [0.2, 0.25) is 0 Å². The van der Waals surface area contributed by atoms with Crippen LogP contribution >= 0.6 is 0 Å². The van der Waals surface area contributed by atoms with Gasteiger partial charge in [0, 0.05) is 27.7 Å². The van der Waals surface area contributed by atoms with Gasteiger partial charge in [0.2, 0.25) is 0 Å². The minimum atomic E-state index is 0.899. The molecule has 12 rings (SSSR count). The van der Waals surface area contributed by atoms with Crippen LogP contribution in [0.15, 0.2) is 241 Å². The highest BCUT2D eigenvalue weighted by Crippen LogP contribution is 2.44. The molecular weight excluding hydrogens is 751 g/mol.